The number of hydrogen-bond acceptors (Lipinski definition) is 2. The van der Waals surface area contributed by atoms with E-state index in [0.717, 1.165) is 19.3 Å². The second kappa shape index (κ2) is 5.02. The molecular weight excluding hydrogens is 184 g/mol. The normalized spacial score (nSPS) is 10.2. The first-order chi connectivity index (χ1) is 6.20. The van der Waals surface area contributed by atoms with Crippen molar-refractivity contribution in [2.24, 2.45) is 0 Å². The fraction of sp³-hybridized carbons (Fsp3) is 0.500. The minimum absolute atomic E-state index is 0.295. The molecule has 13 heavy (non-hydrogen) atoms. The van der Waals surface area contributed by atoms with Gasteiger partial charge in [0.15, 0.2) is 0 Å². The first-order valence-corrected chi connectivity index (χ1v) is 5.38. The second-order valence-corrected chi connectivity index (χ2v) is 3.92. The molecule has 0 atom stereocenters. The molecule has 1 rings (SSSR count). The summed E-state index contributed by atoms with van der Waals surface area (Å²) in [6.45, 7) is 2.10. The zero-order chi connectivity index (χ0) is 9.68. The summed E-state index contributed by atoms with van der Waals surface area (Å²) in [5, 5.41) is 12.7. The van der Waals surface area contributed by atoms with Crippen LogP contribution in [-0.4, -0.2) is 11.1 Å². The molecule has 2 nitrogen and oxygen atoms in total. The molecule has 0 aliphatic heterocycles. The Bertz CT molecular complexity index is 278. The van der Waals surface area contributed by atoms with Crippen molar-refractivity contribution in [3.8, 4) is 0 Å². The Kier molecular flexibility index (Phi) is 3.96. The second-order valence-electron chi connectivity index (χ2n) is 3.18. The van der Waals surface area contributed by atoms with Crippen LogP contribution < -0.4 is 0 Å². The Morgan fingerprint density at radius 3 is 2.77 bits per heavy atom. The van der Waals surface area contributed by atoms with E-state index in [1.165, 1.54) is 11.1 Å². The van der Waals surface area contributed by atoms with E-state index in [0.29, 0.717) is 6.42 Å². The lowest BCUT2D eigenvalue weighted by molar-refractivity contribution is -0.137. The molecule has 0 saturated heterocycles. The van der Waals surface area contributed by atoms with E-state index < -0.39 is 5.97 Å². The summed E-state index contributed by atoms with van der Waals surface area (Å²) in [6, 6.07) is 0. The van der Waals surface area contributed by atoms with Crippen molar-refractivity contribution in [1.82, 2.24) is 0 Å². The highest BCUT2D eigenvalue weighted by molar-refractivity contribution is 7.08. The highest BCUT2D eigenvalue weighted by atomic mass is 32.1. The third kappa shape index (κ3) is 3.59. The third-order valence-electron chi connectivity index (χ3n) is 2.05. The Hall–Kier alpha value is -0.830. The van der Waals surface area contributed by atoms with Gasteiger partial charge in [0, 0.05) is 6.42 Å². The number of unbranched alkanes of at least 4 members (excludes halogenated alkanes) is 1. The Morgan fingerprint density at radius 1 is 1.46 bits per heavy atom. The van der Waals surface area contributed by atoms with Crippen molar-refractivity contribution in [1.29, 1.82) is 0 Å². The number of aryl methyl sites for hydroxylation is 2. The number of rotatable bonds is 5. The first kappa shape index (κ1) is 10.3. The van der Waals surface area contributed by atoms with Gasteiger partial charge < -0.3 is 5.11 Å². The molecule has 0 amide bonds. The van der Waals surface area contributed by atoms with Crippen LogP contribution in [0.4, 0.5) is 0 Å². The van der Waals surface area contributed by atoms with Gasteiger partial charge in [-0.25, -0.2) is 0 Å². The number of aliphatic carboxylic acids is 1. The molecule has 72 valence electrons. The van der Waals surface area contributed by atoms with Crippen LogP contribution in [0.5, 0.6) is 0 Å². The third-order valence-corrected chi connectivity index (χ3v) is 2.96. The highest BCUT2D eigenvalue weighted by Gasteiger charge is 2.00. The summed E-state index contributed by atoms with van der Waals surface area (Å²) >= 11 is 1.71. The van der Waals surface area contributed by atoms with Crippen LogP contribution in [0.15, 0.2) is 10.8 Å². The van der Waals surface area contributed by atoms with E-state index in [2.05, 4.69) is 17.7 Å². The van der Waals surface area contributed by atoms with Gasteiger partial charge >= 0.3 is 5.97 Å². The molecular formula is C10H14O2S. The largest absolute Gasteiger partial charge is 0.481 e. The van der Waals surface area contributed by atoms with E-state index in [-0.39, 0.29) is 0 Å². The number of carbonyl (C=O) groups is 1. The summed E-state index contributed by atoms with van der Waals surface area (Å²) < 4.78 is 0. The number of carboxylic acids is 1. The molecule has 1 heterocycles. The fourth-order valence-corrected chi connectivity index (χ4v) is 2.13. The van der Waals surface area contributed by atoms with E-state index in [1.807, 2.05) is 0 Å². The Morgan fingerprint density at radius 2 is 2.23 bits per heavy atom. The summed E-state index contributed by atoms with van der Waals surface area (Å²) in [6.07, 6.45) is 3.07. The highest BCUT2D eigenvalue weighted by Crippen LogP contribution is 2.16. The lowest BCUT2D eigenvalue weighted by Crippen LogP contribution is -1.94. The van der Waals surface area contributed by atoms with Crippen LogP contribution in [0.1, 0.15) is 30.4 Å². The minimum atomic E-state index is -0.693. The summed E-state index contributed by atoms with van der Waals surface area (Å²) in [7, 11) is 0. The van der Waals surface area contributed by atoms with Crippen molar-refractivity contribution in [2.45, 2.75) is 32.6 Å². The van der Waals surface area contributed by atoms with Crippen LogP contribution >= 0.6 is 11.3 Å². The molecule has 0 aliphatic carbocycles. The SMILES string of the molecule is Cc1cscc1CCCCC(=O)O. The predicted molar refractivity (Wildman–Crippen MR) is 54.2 cm³/mol. The van der Waals surface area contributed by atoms with Gasteiger partial charge in [-0.3, -0.25) is 4.79 Å². The molecule has 0 fully saturated rings. The fourth-order valence-electron chi connectivity index (χ4n) is 1.23. The summed E-state index contributed by atoms with van der Waals surface area (Å²) in [5.41, 5.74) is 2.70. The summed E-state index contributed by atoms with van der Waals surface area (Å²) in [4.78, 5) is 10.2. The average molecular weight is 198 g/mol. The molecule has 0 bridgehead atoms. The molecule has 1 aromatic heterocycles. The van der Waals surface area contributed by atoms with E-state index in [9.17, 15) is 4.79 Å². The minimum Gasteiger partial charge on any atom is -0.481 e. The molecule has 0 aromatic carbocycles. The van der Waals surface area contributed by atoms with E-state index >= 15 is 0 Å². The zero-order valence-electron chi connectivity index (χ0n) is 7.75. The smallest absolute Gasteiger partial charge is 0.303 e. The average Bonchev–Trinajstić information content (AvgIpc) is 2.45. The Balaban J connectivity index is 2.20. The van der Waals surface area contributed by atoms with Crippen LogP contribution in [-0.2, 0) is 11.2 Å². The van der Waals surface area contributed by atoms with Gasteiger partial charge in [-0.2, -0.15) is 11.3 Å². The van der Waals surface area contributed by atoms with Crippen molar-refractivity contribution in [2.75, 3.05) is 0 Å². The maximum Gasteiger partial charge on any atom is 0.303 e. The summed E-state index contributed by atoms with van der Waals surface area (Å²) in [5.74, 6) is -0.693. The van der Waals surface area contributed by atoms with Crippen molar-refractivity contribution in [3.05, 3.63) is 21.9 Å². The molecule has 0 aliphatic rings. The van der Waals surface area contributed by atoms with Gasteiger partial charge in [-0.1, -0.05) is 0 Å². The van der Waals surface area contributed by atoms with Gasteiger partial charge in [0.05, 0.1) is 0 Å². The van der Waals surface area contributed by atoms with E-state index in [4.69, 9.17) is 5.11 Å². The quantitative estimate of drug-likeness (QED) is 0.739. The molecule has 0 radical (unpaired) electrons. The van der Waals surface area contributed by atoms with Crippen LogP contribution in [0, 0.1) is 6.92 Å². The van der Waals surface area contributed by atoms with Gasteiger partial charge in [0.1, 0.15) is 0 Å². The predicted octanol–water partition coefficient (Wildman–Crippen LogP) is 2.85. The maximum absolute atomic E-state index is 10.2. The van der Waals surface area contributed by atoms with E-state index in [1.54, 1.807) is 11.3 Å². The Labute approximate surface area is 82.2 Å². The molecule has 3 heteroatoms. The van der Waals surface area contributed by atoms with Gasteiger partial charge in [-0.05, 0) is 48.1 Å². The van der Waals surface area contributed by atoms with Crippen LogP contribution in [0.2, 0.25) is 0 Å². The molecule has 1 N–H and O–H groups in total. The monoisotopic (exact) mass is 198 g/mol. The number of thiophene rings is 1. The lowest BCUT2D eigenvalue weighted by Gasteiger charge is -1.98. The van der Waals surface area contributed by atoms with Crippen LogP contribution in [0.25, 0.3) is 0 Å². The maximum atomic E-state index is 10.2. The van der Waals surface area contributed by atoms with Crippen molar-refractivity contribution >= 4 is 17.3 Å². The molecule has 0 saturated carbocycles. The van der Waals surface area contributed by atoms with Gasteiger partial charge in [-0.15, -0.1) is 0 Å². The number of carboxylic acid groups (broad SMARTS) is 1. The lowest BCUT2D eigenvalue weighted by atomic mass is 10.1. The molecule has 1 aromatic rings. The van der Waals surface area contributed by atoms with Crippen molar-refractivity contribution < 1.29 is 9.90 Å². The van der Waals surface area contributed by atoms with Crippen molar-refractivity contribution in [3.63, 3.8) is 0 Å². The molecule has 0 spiro atoms. The topological polar surface area (TPSA) is 37.3 Å². The van der Waals surface area contributed by atoms with Crippen LogP contribution in [0.3, 0.4) is 0 Å². The first-order valence-electron chi connectivity index (χ1n) is 4.43. The van der Waals surface area contributed by atoms with Gasteiger partial charge in [0.2, 0.25) is 0 Å². The van der Waals surface area contributed by atoms with Gasteiger partial charge in [0.25, 0.3) is 0 Å². The molecule has 0 unspecified atom stereocenters. The zero-order valence-corrected chi connectivity index (χ0v) is 8.56. The standard InChI is InChI=1S/C10H14O2S/c1-8-6-13-7-9(8)4-2-3-5-10(11)12/h6-7H,2-5H2,1H3,(H,11,12). The number of hydrogen-bond donors (Lipinski definition) is 1.